The number of allylic oxidation sites excluding steroid dienone is 6. The summed E-state index contributed by atoms with van der Waals surface area (Å²) in [5.74, 6) is -3.70. The van der Waals surface area contributed by atoms with Gasteiger partial charge in [-0.25, -0.2) is 26.3 Å². The van der Waals surface area contributed by atoms with Crippen molar-refractivity contribution in [3.63, 3.8) is 0 Å². The van der Waals surface area contributed by atoms with Gasteiger partial charge in [0.2, 0.25) is 25.7 Å². The first-order valence-electron chi connectivity index (χ1n) is 23.4. The van der Waals surface area contributed by atoms with Crippen molar-refractivity contribution in [2.45, 2.75) is 90.2 Å². The molecule has 0 aliphatic carbocycles. The fraction of sp³-hybridized carbons (Fsp3) is 0.391. The average Bonchev–Trinajstić information content (AvgIpc) is 3.63. The molecule has 428 valence electrons. The van der Waals surface area contributed by atoms with E-state index in [-0.39, 0.29) is 47.5 Å². The highest BCUT2D eigenvalue weighted by Crippen LogP contribution is 2.52. The van der Waals surface area contributed by atoms with Crippen molar-refractivity contribution >= 4 is 115 Å². The molecule has 8 N–H and O–H groups in total. The highest BCUT2D eigenvalue weighted by molar-refractivity contribution is 7.90. The number of nitrogens with one attached hydrogen (secondary N) is 2. The summed E-state index contributed by atoms with van der Waals surface area (Å²) >= 11 is 0. The van der Waals surface area contributed by atoms with Crippen LogP contribution in [0.15, 0.2) is 104 Å². The SMILES string of the molecule is CC1(C)C(/C=C/C=C/C=C2/N(CCCCCC(=O)O)c3ccc4c(S(=O)(=O)O)cc(S(=O)(=O)NCCS(=O)(=O)O)cc4c3C2(C)C)=[N+](CCCS(=O)(=O)O)c2ccc3c(S(=O)(=O)O)cc(S(=O)(=O)NCCS(=O)(=O)O)cc3c21. The average molecular weight is 1230 g/mol. The third-order valence-electron chi connectivity index (χ3n) is 13.1. The first-order valence-corrected chi connectivity index (χ1v) is 34.1. The van der Waals surface area contributed by atoms with E-state index in [1.54, 1.807) is 68.7 Å². The highest BCUT2D eigenvalue weighted by atomic mass is 32.2. The lowest BCUT2D eigenvalue weighted by molar-refractivity contribution is -0.437. The third-order valence-corrected chi connectivity index (χ3v) is 20.0. The summed E-state index contributed by atoms with van der Waals surface area (Å²) in [6.45, 7) is 5.56. The summed E-state index contributed by atoms with van der Waals surface area (Å²) in [6.07, 6.45) is 9.21. The van der Waals surface area contributed by atoms with E-state index in [2.05, 4.69) is 0 Å². The van der Waals surface area contributed by atoms with Crippen LogP contribution < -0.4 is 14.3 Å². The van der Waals surface area contributed by atoms with Crippen molar-refractivity contribution < 1.29 is 96.2 Å². The van der Waals surface area contributed by atoms with Crippen LogP contribution in [0.5, 0.6) is 0 Å². The number of hydrogen-bond donors (Lipinski definition) is 8. The summed E-state index contributed by atoms with van der Waals surface area (Å²) in [6, 6.07) is 9.44. The van der Waals surface area contributed by atoms with Crippen molar-refractivity contribution in [3.8, 4) is 0 Å². The van der Waals surface area contributed by atoms with E-state index in [9.17, 15) is 87.0 Å². The molecule has 0 bridgehead atoms. The van der Waals surface area contributed by atoms with Crippen LogP contribution in [0.1, 0.15) is 70.9 Å². The largest absolute Gasteiger partial charge is 0.481 e. The van der Waals surface area contributed by atoms with Gasteiger partial charge in [0.25, 0.3) is 50.6 Å². The van der Waals surface area contributed by atoms with Crippen molar-refractivity contribution in [2.75, 3.05) is 48.3 Å². The van der Waals surface area contributed by atoms with Crippen LogP contribution in [0.3, 0.4) is 0 Å². The molecule has 0 spiro atoms. The smallest absolute Gasteiger partial charge is 0.303 e. The van der Waals surface area contributed by atoms with Crippen molar-refractivity contribution in [1.82, 2.24) is 9.44 Å². The Hall–Kier alpha value is -5.07. The van der Waals surface area contributed by atoms with Gasteiger partial charge in [-0.3, -0.25) is 27.6 Å². The van der Waals surface area contributed by atoms with Gasteiger partial charge in [-0.15, -0.1) is 0 Å². The van der Waals surface area contributed by atoms with Crippen LogP contribution in [0.4, 0.5) is 11.4 Å². The molecular formula is C46H57N4O21S7+. The third kappa shape index (κ3) is 14.3. The molecule has 2 heterocycles. The lowest BCUT2D eigenvalue weighted by atomic mass is 9.79. The van der Waals surface area contributed by atoms with E-state index < -0.39 is 137 Å². The number of anilines is 1. The van der Waals surface area contributed by atoms with Crippen molar-refractivity contribution in [3.05, 3.63) is 95.7 Å². The van der Waals surface area contributed by atoms with Gasteiger partial charge < -0.3 is 10.0 Å². The number of rotatable bonds is 25. The molecule has 0 amide bonds. The normalized spacial score (nSPS) is 16.8. The Bertz CT molecular complexity index is 4080. The van der Waals surface area contributed by atoms with Gasteiger partial charge in [-0.05, 0) is 85.5 Å². The summed E-state index contributed by atoms with van der Waals surface area (Å²) in [5.41, 5.74) is 0.298. The lowest BCUT2D eigenvalue weighted by Gasteiger charge is -2.27. The van der Waals surface area contributed by atoms with Gasteiger partial charge >= 0.3 is 5.97 Å². The topological polar surface area (TPSA) is 408 Å². The predicted molar refractivity (Wildman–Crippen MR) is 287 cm³/mol. The van der Waals surface area contributed by atoms with E-state index in [4.69, 9.17) is 4.55 Å². The van der Waals surface area contributed by atoms with E-state index in [1.165, 1.54) is 24.3 Å². The van der Waals surface area contributed by atoms with Gasteiger partial charge in [-0.2, -0.15) is 46.7 Å². The first-order chi connectivity index (χ1) is 35.7. The molecule has 0 saturated heterocycles. The number of hydrogen-bond acceptors (Lipinski definition) is 16. The Balaban J connectivity index is 1.48. The Labute approximate surface area is 452 Å². The lowest BCUT2D eigenvalue weighted by Crippen LogP contribution is -2.29. The van der Waals surface area contributed by atoms with Crippen molar-refractivity contribution in [1.29, 1.82) is 0 Å². The van der Waals surface area contributed by atoms with Crippen LogP contribution in [-0.4, -0.2) is 146 Å². The molecule has 78 heavy (non-hydrogen) atoms. The number of fused-ring (bicyclic) bond motifs is 6. The first kappa shape index (κ1) is 62.1. The molecule has 0 atom stereocenters. The van der Waals surface area contributed by atoms with Crippen LogP contribution >= 0.6 is 0 Å². The van der Waals surface area contributed by atoms with Gasteiger partial charge in [0.05, 0.1) is 32.5 Å². The van der Waals surface area contributed by atoms with Gasteiger partial charge in [-0.1, -0.05) is 44.6 Å². The Morgan fingerprint density at radius 3 is 1.56 bits per heavy atom. The van der Waals surface area contributed by atoms with E-state index in [1.807, 2.05) is 14.3 Å². The Morgan fingerprint density at radius 1 is 0.577 bits per heavy atom. The second-order valence-electron chi connectivity index (χ2n) is 19.3. The summed E-state index contributed by atoms with van der Waals surface area (Å²) in [7, 11) is -33.4. The van der Waals surface area contributed by atoms with E-state index in [0.29, 0.717) is 65.3 Å². The molecule has 4 aromatic rings. The summed E-state index contributed by atoms with van der Waals surface area (Å²) in [4.78, 5) is 10.2. The molecule has 25 nitrogen and oxygen atoms in total. The number of sulfonamides is 2. The van der Waals surface area contributed by atoms with Crippen LogP contribution in [0, 0.1) is 0 Å². The minimum atomic E-state index is -5.15. The van der Waals surface area contributed by atoms with Gasteiger partial charge in [0, 0.05) is 77.8 Å². The second kappa shape index (κ2) is 22.5. The van der Waals surface area contributed by atoms with Gasteiger partial charge in [0.1, 0.15) is 16.3 Å². The zero-order valence-corrected chi connectivity index (χ0v) is 47.8. The zero-order valence-electron chi connectivity index (χ0n) is 42.1. The maximum Gasteiger partial charge on any atom is 0.303 e. The van der Waals surface area contributed by atoms with Crippen LogP contribution in [-0.2, 0) is 86.3 Å². The molecule has 0 aromatic heterocycles. The minimum Gasteiger partial charge on any atom is -0.481 e. The number of nitrogens with zero attached hydrogens (tertiary/aromatic N) is 2. The highest BCUT2D eigenvalue weighted by Gasteiger charge is 2.47. The van der Waals surface area contributed by atoms with E-state index in [0.717, 1.165) is 6.07 Å². The van der Waals surface area contributed by atoms with Gasteiger partial charge in [0.15, 0.2) is 5.71 Å². The second-order valence-corrected chi connectivity index (χ2v) is 30.4. The quantitative estimate of drug-likeness (QED) is 0.0202. The molecule has 0 unspecified atom stereocenters. The molecule has 4 aromatic carbocycles. The minimum absolute atomic E-state index is 0.00619. The molecular weight excluding hydrogens is 1170 g/mol. The predicted octanol–water partition coefficient (Wildman–Crippen LogP) is 3.91. The molecule has 0 radical (unpaired) electrons. The maximum absolute atomic E-state index is 13.6. The van der Waals surface area contributed by atoms with Crippen LogP contribution in [0.2, 0.25) is 0 Å². The molecule has 32 heteroatoms. The number of carboxylic acid groups (broad SMARTS) is 1. The Morgan fingerprint density at radius 2 is 1.08 bits per heavy atom. The number of benzene rings is 4. The zero-order chi connectivity index (χ0) is 58.4. The monoisotopic (exact) mass is 1230 g/mol. The maximum atomic E-state index is 13.6. The van der Waals surface area contributed by atoms with E-state index >= 15 is 0 Å². The Kier molecular flexibility index (Phi) is 17.9. The molecule has 6 rings (SSSR count). The number of aliphatic carboxylic acids is 1. The molecule has 0 fully saturated rings. The molecule has 2 aliphatic heterocycles. The van der Waals surface area contributed by atoms with Crippen molar-refractivity contribution in [2.24, 2.45) is 0 Å². The standard InChI is InChI=1S/C46H56N4O21S7/c1-45(2)40(49(21-10-6-9-14-42(51)52)36-17-15-32-34(43(36)45)26-30(28-38(32)77(66,67)68)75(62,63)47-19-24-73(56,57)58)12-7-5-8-13-41-46(3,4)44-35-27-31(76(64,65)48-20-25-74(59,60)61)29-39(78(69,70)71)33(35)16-18-37(44)50(41)22-11-23-72(53,54)55/h5,7-8,12-13,15-18,26-29,47-48H,6,9-11,14,19-25H2,1-4H3,(H5-,51,52,53,54,55,56,57,58,59,60,61,66,67,68,69,70,71)/p+1. The van der Waals surface area contributed by atoms with Crippen LogP contribution in [0.25, 0.3) is 21.5 Å². The number of unbranched alkanes of at least 4 members (excludes halogenated alkanes) is 2. The number of carbonyl (C=O) groups is 1. The fourth-order valence-corrected chi connectivity index (χ4v) is 15.0. The molecule has 2 aliphatic rings. The summed E-state index contributed by atoms with van der Waals surface area (Å²) in [5, 5.41) is 9.15. The number of carboxylic acids is 1. The summed E-state index contributed by atoms with van der Waals surface area (Å²) < 4.78 is 229. The fourth-order valence-electron chi connectivity index (χ4n) is 9.76. The molecule has 0 saturated carbocycles.